The van der Waals surface area contributed by atoms with E-state index in [0.717, 1.165) is 69.9 Å². The molecule has 2 saturated carbocycles. The first-order valence-electron chi connectivity index (χ1n) is 10.1. The van der Waals surface area contributed by atoms with Crippen molar-refractivity contribution in [2.75, 3.05) is 0 Å². The first-order chi connectivity index (χ1) is 13.4. The summed E-state index contributed by atoms with van der Waals surface area (Å²) in [5, 5.41) is 0.184. The van der Waals surface area contributed by atoms with Gasteiger partial charge in [0.15, 0.2) is 0 Å². The number of hydrogen-bond donors (Lipinski definition) is 0. The molecule has 0 bridgehead atoms. The van der Waals surface area contributed by atoms with E-state index in [9.17, 15) is 18.0 Å². The summed E-state index contributed by atoms with van der Waals surface area (Å²) in [6, 6.07) is 4.41. The Morgan fingerprint density at radius 3 is 2.00 bits per heavy atom. The maximum atomic E-state index is 13.2. The number of nitrogens with zero attached hydrogens (tertiary/aromatic N) is 2. The summed E-state index contributed by atoms with van der Waals surface area (Å²) in [7, 11) is 0. The number of amides is 1. The van der Waals surface area contributed by atoms with E-state index in [1.165, 1.54) is 23.5 Å². The highest BCUT2D eigenvalue weighted by Gasteiger charge is 2.33. The zero-order chi connectivity index (χ0) is 20.1. The van der Waals surface area contributed by atoms with Gasteiger partial charge in [0.1, 0.15) is 0 Å². The summed E-state index contributed by atoms with van der Waals surface area (Å²) >= 11 is 6.54. The molecule has 154 valence electrons. The third-order valence-electron chi connectivity index (χ3n) is 5.68. The van der Waals surface area contributed by atoms with Gasteiger partial charge in [-0.3, -0.25) is 14.7 Å². The van der Waals surface area contributed by atoms with Gasteiger partial charge in [0.25, 0.3) is 5.91 Å². The standard InChI is InChI=1S/C21H26ClF3N2O/c22-20(26-17-7-3-1-4-8-17)27(18-9-5-2-6-10-18)19(28)15-11-13-16(14-12-15)21(23,24)25/h11-14,17-18H,1-10H2. The van der Waals surface area contributed by atoms with Crippen LogP contribution >= 0.6 is 11.6 Å². The van der Waals surface area contributed by atoms with E-state index in [4.69, 9.17) is 11.6 Å². The Labute approximate surface area is 169 Å². The molecule has 1 aromatic carbocycles. The molecule has 0 saturated heterocycles. The molecule has 0 aromatic heterocycles. The molecule has 1 aromatic rings. The highest BCUT2D eigenvalue weighted by Crippen LogP contribution is 2.31. The van der Waals surface area contributed by atoms with E-state index in [1.807, 2.05) is 0 Å². The minimum atomic E-state index is -4.43. The monoisotopic (exact) mass is 414 g/mol. The molecule has 0 atom stereocenters. The van der Waals surface area contributed by atoms with Crippen molar-refractivity contribution in [2.24, 2.45) is 4.99 Å². The van der Waals surface area contributed by atoms with Gasteiger partial charge in [-0.2, -0.15) is 13.2 Å². The average molecular weight is 415 g/mol. The van der Waals surface area contributed by atoms with Crippen LogP contribution < -0.4 is 0 Å². The molecular formula is C21H26ClF3N2O. The topological polar surface area (TPSA) is 32.7 Å². The number of carbonyl (C=O) groups is 1. The fraction of sp³-hybridized carbons (Fsp3) is 0.619. The van der Waals surface area contributed by atoms with E-state index in [0.29, 0.717) is 0 Å². The largest absolute Gasteiger partial charge is 0.416 e. The lowest BCUT2D eigenvalue weighted by atomic mass is 9.94. The number of halogens is 4. The lowest BCUT2D eigenvalue weighted by Gasteiger charge is -2.34. The SMILES string of the molecule is O=C(c1ccc(C(F)(F)F)cc1)N(C(Cl)=NC1CCCCC1)C1CCCCC1. The zero-order valence-electron chi connectivity index (χ0n) is 15.8. The Morgan fingerprint density at radius 2 is 1.46 bits per heavy atom. The molecule has 2 aliphatic carbocycles. The van der Waals surface area contributed by atoms with Gasteiger partial charge >= 0.3 is 6.18 Å². The molecule has 3 nitrogen and oxygen atoms in total. The van der Waals surface area contributed by atoms with E-state index in [1.54, 1.807) is 0 Å². The highest BCUT2D eigenvalue weighted by molar-refractivity contribution is 6.66. The second-order valence-corrected chi connectivity index (χ2v) is 8.07. The van der Waals surface area contributed by atoms with E-state index in [-0.39, 0.29) is 28.8 Å². The molecule has 0 spiro atoms. The third-order valence-corrected chi connectivity index (χ3v) is 5.96. The molecule has 2 fully saturated rings. The molecular weight excluding hydrogens is 389 g/mol. The second-order valence-electron chi connectivity index (χ2n) is 7.73. The number of aliphatic imine (C=N–C) groups is 1. The van der Waals surface area contributed by atoms with E-state index >= 15 is 0 Å². The molecule has 2 aliphatic rings. The summed E-state index contributed by atoms with van der Waals surface area (Å²) in [5.74, 6) is -0.370. The van der Waals surface area contributed by atoms with Gasteiger partial charge < -0.3 is 0 Å². The van der Waals surface area contributed by atoms with Crippen LogP contribution in [0.25, 0.3) is 0 Å². The molecule has 3 rings (SSSR count). The summed E-state index contributed by atoms with van der Waals surface area (Å²) in [4.78, 5) is 19.3. The van der Waals surface area contributed by atoms with Crippen molar-refractivity contribution in [2.45, 2.75) is 82.5 Å². The van der Waals surface area contributed by atoms with Crippen LogP contribution in [0.4, 0.5) is 13.2 Å². The van der Waals surface area contributed by atoms with Gasteiger partial charge in [-0.25, -0.2) is 0 Å². The maximum absolute atomic E-state index is 13.2. The number of carbonyl (C=O) groups excluding carboxylic acids is 1. The van der Waals surface area contributed by atoms with Gasteiger partial charge in [-0.05, 0) is 61.5 Å². The maximum Gasteiger partial charge on any atom is 0.416 e. The molecule has 1 amide bonds. The predicted molar refractivity (Wildman–Crippen MR) is 105 cm³/mol. The summed E-state index contributed by atoms with van der Waals surface area (Å²) in [6.07, 6.45) is 5.71. The fourth-order valence-electron chi connectivity index (χ4n) is 4.10. The number of alkyl halides is 3. The van der Waals surface area contributed by atoms with Crippen LogP contribution in [0, 0.1) is 0 Å². The molecule has 0 heterocycles. The first-order valence-corrected chi connectivity index (χ1v) is 10.5. The predicted octanol–water partition coefficient (Wildman–Crippen LogP) is 6.41. The van der Waals surface area contributed by atoms with E-state index in [2.05, 4.69) is 4.99 Å². The van der Waals surface area contributed by atoms with Crippen LogP contribution in [-0.2, 0) is 6.18 Å². The quantitative estimate of drug-likeness (QED) is 0.319. The van der Waals surface area contributed by atoms with Crippen LogP contribution in [0.3, 0.4) is 0 Å². The van der Waals surface area contributed by atoms with Crippen LogP contribution in [0.1, 0.15) is 80.1 Å². The highest BCUT2D eigenvalue weighted by atomic mass is 35.5. The van der Waals surface area contributed by atoms with Crippen molar-refractivity contribution in [1.29, 1.82) is 0 Å². The van der Waals surface area contributed by atoms with Crippen molar-refractivity contribution < 1.29 is 18.0 Å². The van der Waals surface area contributed by atoms with Gasteiger partial charge in [0.2, 0.25) is 5.29 Å². The number of hydrogen-bond acceptors (Lipinski definition) is 2. The van der Waals surface area contributed by atoms with Crippen molar-refractivity contribution in [3.63, 3.8) is 0 Å². The van der Waals surface area contributed by atoms with Gasteiger partial charge in [0.05, 0.1) is 11.6 Å². The summed E-state index contributed by atoms with van der Waals surface area (Å²) < 4.78 is 38.5. The van der Waals surface area contributed by atoms with Crippen molar-refractivity contribution in [3.8, 4) is 0 Å². The smallest absolute Gasteiger partial charge is 0.280 e. The Kier molecular flexibility index (Phi) is 7.02. The Bertz CT molecular complexity index is 691. The zero-order valence-corrected chi connectivity index (χ0v) is 16.6. The minimum Gasteiger partial charge on any atom is -0.280 e. The molecule has 0 N–H and O–H groups in total. The second kappa shape index (κ2) is 9.29. The number of benzene rings is 1. The molecule has 0 radical (unpaired) electrons. The van der Waals surface area contributed by atoms with Crippen LogP contribution in [0.5, 0.6) is 0 Å². The lowest BCUT2D eigenvalue weighted by Crippen LogP contribution is -2.44. The van der Waals surface area contributed by atoms with Crippen LogP contribution in [0.2, 0.25) is 0 Å². The van der Waals surface area contributed by atoms with Gasteiger partial charge in [-0.1, -0.05) is 38.5 Å². The van der Waals surface area contributed by atoms with Gasteiger partial charge in [-0.15, -0.1) is 0 Å². The molecule has 7 heteroatoms. The van der Waals surface area contributed by atoms with Crippen LogP contribution in [0.15, 0.2) is 29.3 Å². The number of rotatable bonds is 3. The van der Waals surface area contributed by atoms with Crippen molar-refractivity contribution >= 4 is 22.8 Å². The molecule has 0 aliphatic heterocycles. The minimum absolute atomic E-state index is 0.0524. The lowest BCUT2D eigenvalue weighted by molar-refractivity contribution is -0.137. The summed E-state index contributed by atoms with van der Waals surface area (Å²) in [6.45, 7) is 0. The third kappa shape index (κ3) is 5.28. The van der Waals surface area contributed by atoms with Crippen molar-refractivity contribution in [1.82, 2.24) is 4.90 Å². The number of amidine groups is 1. The fourth-order valence-corrected chi connectivity index (χ4v) is 4.46. The Balaban J connectivity index is 1.85. The van der Waals surface area contributed by atoms with E-state index < -0.39 is 11.7 Å². The van der Waals surface area contributed by atoms with Crippen LogP contribution in [-0.4, -0.2) is 28.2 Å². The normalized spacial score (nSPS) is 20.2. The Morgan fingerprint density at radius 1 is 0.929 bits per heavy atom. The summed E-state index contributed by atoms with van der Waals surface area (Å²) in [5.41, 5.74) is -0.564. The average Bonchev–Trinajstić information content (AvgIpc) is 2.69. The molecule has 28 heavy (non-hydrogen) atoms. The van der Waals surface area contributed by atoms with Gasteiger partial charge in [0, 0.05) is 11.6 Å². The molecule has 0 unspecified atom stereocenters. The first kappa shape index (κ1) is 21.2. The Hall–Kier alpha value is -1.56. The van der Waals surface area contributed by atoms with Crippen molar-refractivity contribution in [3.05, 3.63) is 35.4 Å².